The van der Waals surface area contributed by atoms with Crippen molar-refractivity contribution in [1.82, 2.24) is 5.32 Å². The summed E-state index contributed by atoms with van der Waals surface area (Å²) in [5, 5.41) is 13.2. The van der Waals surface area contributed by atoms with Crippen LogP contribution in [-0.2, 0) is 4.79 Å². The van der Waals surface area contributed by atoms with Gasteiger partial charge in [-0.25, -0.2) is 18.4 Å². The summed E-state index contributed by atoms with van der Waals surface area (Å²) >= 11 is 0. The Morgan fingerprint density at radius 3 is 2.10 bits per heavy atom. The zero-order valence-electron chi connectivity index (χ0n) is 11.3. The summed E-state index contributed by atoms with van der Waals surface area (Å²) in [5.74, 6) is -3.12. The molecule has 0 aliphatic carbocycles. The summed E-state index contributed by atoms with van der Waals surface area (Å²) in [7, 11) is 0. The van der Waals surface area contributed by atoms with Crippen molar-refractivity contribution in [2.45, 2.75) is 26.8 Å². The Morgan fingerprint density at radius 2 is 1.70 bits per heavy atom. The number of anilines is 1. The number of carboxylic acid groups (broad SMARTS) is 1. The largest absolute Gasteiger partial charge is 0.480 e. The Morgan fingerprint density at radius 1 is 1.20 bits per heavy atom. The predicted octanol–water partition coefficient (Wildman–Crippen LogP) is 2.59. The van der Waals surface area contributed by atoms with E-state index >= 15 is 0 Å². The van der Waals surface area contributed by atoms with Crippen LogP contribution in [0.1, 0.15) is 20.8 Å². The molecule has 0 radical (unpaired) electrons. The van der Waals surface area contributed by atoms with Crippen LogP contribution in [0.15, 0.2) is 18.2 Å². The smallest absolute Gasteiger partial charge is 0.326 e. The van der Waals surface area contributed by atoms with E-state index in [2.05, 4.69) is 5.32 Å². The SMILES string of the molecule is CC(C)(C)C(NC(=O)Nc1c(F)cccc1F)C(=O)O. The number of carbonyl (C=O) groups is 2. The molecule has 1 unspecified atom stereocenters. The number of aliphatic carboxylic acids is 1. The molecular weight excluding hydrogens is 270 g/mol. The normalized spacial score (nSPS) is 12.7. The van der Waals surface area contributed by atoms with Gasteiger partial charge < -0.3 is 15.7 Å². The summed E-state index contributed by atoms with van der Waals surface area (Å²) in [5.41, 5.74) is -1.38. The molecular formula is C13H16F2N2O3. The van der Waals surface area contributed by atoms with Crippen molar-refractivity contribution in [3.8, 4) is 0 Å². The maximum Gasteiger partial charge on any atom is 0.326 e. The standard InChI is InChI=1S/C13H16F2N2O3/c1-13(2,3)10(11(18)19)17-12(20)16-9-7(14)5-4-6-8(9)15/h4-6,10H,1-3H3,(H,18,19)(H2,16,17,20). The van der Waals surface area contributed by atoms with Gasteiger partial charge in [0.1, 0.15) is 23.4 Å². The first-order valence-corrected chi connectivity index (χ1v) is 5.87. The van der Waals surface area contributed by atoms with Crippen molar-refractivity contribution in [2.75, 3.05) is 5.32 Å². The Kier molecular flexibility index (Phi) is 4.65. The van der Waals surface area contributed by atoms with Crippen LogP contribution in [0, 0.1) is 17.0 Å². The Balaban J connectivity index is 2.84. The quantitative estimate of drug-likeness (QED) is 0.799. The minimum atomic E-state index is -1.23. The van der Waals surface area contributed by atoms with Gasteiger partial charge in [0.15, 0.2) is 0 Å². The fraction of sp³-hybridized carbons (Fsp3) is 0.385. The lowest BCUT2D eigenvalue weighted by Gasteiger charge is -2.27. The second kappa shape index (κ2) is 5.85. The summed E-state index contributed by atoms with van der Waals surface area (Å²) in [6.45, 7) is 4.86. The van der Waals surface area contributed by atoms with Gasteiger partial charge in [0.2, 0.25) is 0 Å². The number of amides is 2. The van der Waals surface area contributed by atoms with Crippen LogP contribution >= 0.6 is 0 Å². The van der Waals surface area contributed by atoms with Crippen LogP contribution in [0.3, 0.4) is 0 Å². The number of rotatable bonds is 3. The van der Waals surface area contributed by atoms with E-state index in [1.807, 2.05) is 5.32 Å². The molecule has 7 heteroatoms. The molecule has 110 valence electrons. The van der Waals surface area contributed by atoms with E-state index < -0.39 is 40.8 Å². The lowest BCUT2D eigenvalue weighted by molar-refractivity contribution is -0.141. The zero-order chi connectivity index (χ0) is 15.5. The molecule has 0 spiro atoms. The third-order valence-corrected chi connectivity index (χ3v) is 2.59. The van der Waals surface area contributed by atoms with Gasteiger partial charge in [-0.2, -0.15) is 0 Å². The number of halogens is 2. The molecule has 1 atom stereocenters. The maximum absolute atomic E-state index is 13.3. The number of urea groups is 1. The fourth-order valence-corrected chi connectivity index (χ4v) is 1.55. The molecule has 0 saturated carbocycles. The highest BCUT2D eigenvalue weighted by Gasteiger charge is 2.32. The number of carbonyl (C=O) groups excluding carboxylic acids is 1. The molecule has 0 aliphatic heterocycles. The van der Waals surface area contributed by atoms with Crippen molar-refractivity contribution in [2.24, 2.45) is 5.41 Å². The van der Waals surface area contributed by atoms with Crippen LogP contribution in [0.25, 0.3) is 0 Å². The topological polar surface area (TPSA) is 78.4 Å². The van der Waals surface area contributed by atoms with Crippen molar-refractivity contribution < 1.29 is 23.5 Å². The maximum atomic E-state index is 13.3. The molecule has 1 rings (SSSR count). The lowest BCUT2D eigenvalue weighted by Crippen LogP contribution is -2.50. The summed E-state index contributed by atoms with van der Waals surface area (Å²) in [4.78, 5) is 22.7. The summed E-state index contributed by atoms with van der Waals surface area (Å²) < 4.78 is 26.7. The van der Waals surface area contributed by atoms with Gasteiger partial charge in [-0.1, -0.05) is 26.8 Å². The lowest BCUT2D eigenvalue weighted by atomic mass is 9.87. The van der Waals surface area contributed by atoms with E-state index in [1.54, 1.807) is 20.8 Å². The highest BCUT2D eigenvalue weighted by Crippen LogP contribution is 2.21. The van der Waals surface area contributed by atoms with E-state index in [0.29, 0.717) is 0 Å². The average molecular weight is 286 g/mol. The first-order valence-electron chi connectivity index (χ1n) is 5.87. The molecule has 2 amide bonds. The van der Waals surface area contributed by atoms with E-state index in [1.165, 1.54) is 0 Å². The van der Waals surface area contributed by atoms with E-state index in [-0.39, 0.29) is 0 Å². The highest BCUT2D eigenvalue weighted by molar-refractivity contribution is 5.92. The third-order valence-electron chi connectivity index (χ3n) is 2.59. The number of para-hydroxylation sites is 1. The molecule has 1 aromatic rings. The van der Waals surface area contributed by atoms with Crippen LogP contribution in [-0.4, -0.2) is 23.1 Å². The minimum Gasteiger partial charge on any atom is -0.480 e. The monoisotopic (exact) mass is 286 g/mol. The van der Waals surface area contributed by atoms with Crippen molar-refractivity contribution >= 4 is 17.7 Å². The Labute approximate surface area is 115 Å². The molecule has 0 heterocycles. The number of hydrogen-bond acceptors (Lipinski definition) is 2. The second-order valence-corrected chi connectivity index (χ2v) is 5.33. The van der Waals surface area contributed by atoms with Crippen molar-refractivity contribution in [1.29, 1.82) is 0 Å². The van der Waals surface area contributed by atoms with Crippen LogP contribution < -0.4 is 10.6 Å². The third kappa shape index (κ3) is 3.91. The molecule has 20 heavy (non-hydrogen) atoms. The van der Waals surface area contributed by atoms with Crippen LogP contribution in [0.5, 0.6) is 0 Å². The minimum absolute atomic E-state index is 0.622. The van der Waals surface area contributed by atoms with E-state index in [0.717, 1.165) is 18.2 Å². The molecule has 0 saturated heterocycles. The van der Waals surface area contributed by atoms with E-state index in [4.69, 9.17) is 5.11 Å². The van der Waals surface area contributed by atoms with Gasteiger partial charge in [-0.05, 0) is 17.5 Å². The highest BCUT2D eigenvalue weighted by atomic mass is 19.1. The van der Waals surface area contributed by atoms with Gasteiger partial charge in [-0.3, -0.25) is 0 Å². The summed E-state index contributed by atoms with van der Waals surface area (Å²) in [6.07, 6.45) is 0. The first-order chi connectivity index (χ1) is 9.12. The summed E-state index contributed by atoms with van der Waals surface area (Å²) in [6, 6.07) is 0.936. The van der Waals surface area contributed by atoms with Crippen molar-refractivity contribution in [3.63, 3.8) is 0 Å². The number of carboxylic acids is 1. The molecule has 5 nitrogen and oxygen atoms in total. The molecule has 0 aromatic heterocycles. The Bertz CT molecular complexity index is 507. The van der Waals surface area contributed by atoms with Gasteiger partial charge in [0.25, 0.3) is 0 Å². The molecule has 3 N–H and O–H groups in total. The number of hydrogen-bond donors (Lipinski definition) is 3. The molecule has 0 fully saturated rings. The fourth-order valence-electron chi connectivity index (χ4n) is 1.55. The van der Waals surface area contributed by atoms with Gasteiger partial charge in [-0.15, -0.1) is 0 Å². The van der Waals surface area contributed by atoms with Crippen LogP contribution in [0.2, 0.25) is 0 Å². The molecule has 1 aromatic carbocycles. The first kappa shape index (κ1) is 15.9. The van der Waals surface area contributed by atoms with Gasteiger partial charge in [0, 0.05) is 0 Å². The predicted molar refractivity (Wildman–Crippen MR) is 69.4 cm³/mol. The average Bonchev–Trinajstić information content (AvgIpc) is 2.29. The van der Waals surface area contributed by atoms with Gasteiger partial charge >= 0.3 is 12.0 Å². The molecule has 0 aliphatic rings. The zero-order valence-corrected chi connectivity index (χ0v) is 11.3. The van der Waals surface area contributed by atoms with Crippen LogP contribution in [0.4, 0.5) is 19.3 Å². The number of nitrogens with one attached hydrogen (secondary N) is 2. The molecule has 0 bridgehead atoms. The van der Waals surface area contributed by atoms with Gasteiger partial charge in [0.05, 0.1) is 0 Å². The Hall–Kier alpha value is -2.18. The number of benzene rings is 1. The second-order valence-electron chi connectivity index (χ2n) is 5.33. The van der Waals surface area contributed by atoms with E-state index in [9.17, 15) is 18.4 Å². The van der Waals surface area contributed by atoms with Crippen molar-refractivity contribution in [3.05, 3.63) is 29.8 Å².